The Kier molecular flexibility index (Phi) is 5.58. The summed E-state index contributed by atoms with van der Waals surface area (Å²) in [6.07, 6.45) is 5.03. The molecule has 4 heteroatoms. The summed E-state index contributed by atoms with van der Waals surface area (Å²) in [5, 5.41) is 11.2. The summed E-state index contributed by atoms with van der Waals surface area (Å²) >= 11 is 7.60. The Morgan fingerprint density at radius 2 is 2.11 bits per heavy atom. The minimum Gasteiger partial charge on any atom is -0.389 e. The lowest BCUT2D eigenvalue weighted by Gasteiger charge is -2.39. The molecule has 0 aromatic heterocycles. The Morgan fingerprint density at radius 1 is 1.37 bits per heavy atom. The minimum absolute atomic E-state index is 0.343. The highest BCUT2D eigenvalue weighted by Gasteiger charge is 2.38. The normalized spacial score (nSPS) is 20.2. The highest BCUT2D eigenvalue weighted by Crippen LogP contribution is 2.36. The summed E-state index contributed by atoms with van der Waals surface area (Å²) < 4.78 is 5.66. The van der Waals surface area contributed by atoms with Crippen LogP contribution in [0, 0.1) is 0 Å². The standard InChI is InChI=1S/C15H21ClO2S/c1-18-15(8-3-2-4-9-15)14(17)11-19-13-7-5-6-12(16)10-13/h5-7,10,14,17H,2-4,8-9,11H2,1H3. The fraction of sp³-hybridized carbons (Fsp3) is 0.600. The van der Waals surface area contributed by atoms with E-state index in [2.05, 4.69) is 0 Å². The molecule has 1 aromatic rings. The molecule has 0 aliphatic heterocycles. The number of halogens is 1. The Morgan fingerprint density at radius 3 is 2.74 bits per heavy atom. The van der Waals surface area contributed by atoms with Gasteiger partial charge in [-0.3, -0.25) is 0 Å². The molecule has 1 N–H and O–H groups in total. The molecule has 1 unspecified atom stereocenters. The highest BCUT2D eigenvalue weighted by atomic mass is 35.5. The van der Waals surface area contributed by atoms with Gasteiger partial charge in [-0.2, -0.15) is 0 Å². The van der Waals surface area contributed by atoms with Gasteiger partial charge < -0.3 is 9.84 Å². The molecular weight excluding hydrogens is 280 g/mol. The first kappa shape index (κ1) is 15.2. The second kappa shape index (κ2) is 6.98. The maximum atomic E-state index is 10.5. The van der Waals surface area contributed by atoms with Crippen LogP contribution in [0.25, 0.3) is 0 Å². The Bertz CT molecular complexity index is 405. The molecule has 2 nitrogen and oxygen atoms in total. The average molecular weight is 301 g/mol. The summed E-state index contributed by atoms with van der Waals surface area (Å²) in [6.45, 7) is 0. The van der Waals surface area contributed by atoms with Crippen LogP contribution < -0.4 is 0 Å². The molecule has 19 heavy (non-hydrogen) atoms. The molecule has 1 fully saturated rings. The van der Waals surface area contributed by atoms with Gasteiger partial charge in [0, 0.05) is 22.8 Å². The summed E-state index contributed by atoms with van der Waals surface area (Å²) in [5.41, 5.74) is -0.343. The van der Waals surface area contributed by atoms with Crippen molar-refractivity contribution < 1.29 is 9.84 Å². The highest BCUT2D eigenvalue weighted by molar-refractivity contribution is 7.99. The molecule has 2 rings (SSSR count). The van der Waals surface area contributed by atoms with E-state index in [0.717, 1.165) is 35.6 Å². The molecule has 1 atom stereocenters. The monoisotopic (exact) mass is 300 g/mol. The zero-order valence-corrected chi connectivity index (χ0v) is 12.8. The maximum absolute atomic E-state index is 10.5. The number of ether oxygens (including phenoxy) is 1. The molecular formula is C15H21ClO2S. The number of rotatable bonds is 5. The van der Waals surface area contributed by atoms with E-state index in [9.17, 15) is 5.11 Å². The molecule has 106 valence electrons. The van der Waals surface area contributed by atoms with E-state index in [1.165, 1.54) is 6.42 Å². The number of methoxy groups -OCH3 is 1. The summed E-state index contributed by atoms with van der Waals surface area (Å²) in [7, 11) is 1.72. The molecule has 0 bridgehead atoms. The van der Waals surface area contributed by atoms with Gasteiger partial charge in [0.1, 0.15) is 0 Å². The lowest BCUT2D eigenvalue weighted by atomic mass is 9.81. The lowest BCUT2D eigenvalue weighted by Crippen LogP contribution is -2.47. The van der Waals surface area contributed by atoms with E-state index in [1.807, 2.05) is 24.3 Å². The number of aliphatic hydroxyl groups excluding tert-OH is 1. The molecule has 1 aromatic carbocycles. The van der Waals surface area contributed by atoms with E-state index in [0.29, 0.717) is 5.75 Å². The topological polar surface area (TPSA) is 29.5 Å². The lowest BCUT2D eigenvalue weighted by molar-refractivity contribution is -0.113. The zero-order valence-electron chi connectivity index (χ0n) is 11.3. The van der Waals surface area contributed by atoms with Gasteiger partial charge in [-0.25, -0.2) is 0 Å². The largest absolute Gasteiger partial charge is 0.389 e. The second-order valence-electron chi connectivity index (χ2n) is 5.11. The predicted molar refractivity (Wildman–Crippen MR) is 81.0 cm³/mol. The smallest absolute Gasteiger partial charge is 0.0944 e. The Balaban J connectivity index is 1.94. The zero-order chi connectivity index (χ0) is 13.7. The number of benzene rings is 1. The van der Waals surface area contributed by atoms with Crippen LogP contribution in [0.4, 0.5) is 0 Å². The van der Waals surface area contributed by atoms with Crippen molar-refractivity contribution in [1.29, 1.82) is 0 Å². The molecule has 0 radical (unpaired) electrons. The Labute approximate surface area is 124 Å². The van der Waals surface area contributed by atoms with Crippen molar-refractivity contribution in [1.82, 2.24) is 0 Å². The van der Waals surface area contributed by atoms with Crippen molar-refractivity contribution in [3.05, 3.63) is 29.3 Å². The maximum Gasteiger partial charge on any atom is 0.0944 e. The summed E-state index contributed by atoms with van der Waals surface area (Å²) in [6, 6.07) is 7.74. The molecule has 0 spiro atoms. The molecule has 0 amide bonds. The van der Waals surface area contributed by atoms with Gasteiger partial charge in [0.05, 0.1) is 11.7 Å². The van der Waals surface area contributed by atoms with Gasteiger partial charge in [-0.1, -0.05) is 36.9 Å². The first-order valence-electron chi connectivity index (χ1n) is 6.78. The van der Waals surface area contributed by atoms with E-state index < -0.39 is 6.10 Å². The number of hydrogen-bond donors (Lipinski definition) is 1. The average Bonchev–Trinajstić information content (AvgIpc) is 2.45. The number of thioether (sulfide) groups is 1. The van der Waals surface area contributed by atoms with Crippen LogP contribution in [-0.4, -0.2) is 29.7 Å². The SMILES string of the molecule is COC1(C(O)CSc2cccc(Cl)c2)CCCCC1. The minimum atomic E-state index is -0.429. The van der Waals surface area contributed by atoms with Crippen molar-refractivity contribution in [2.75, 3.05) is 12.9 Å². The van der Waals surface area contributed by atoms with Crippen molar-refractivity contribution in [2.24, 2.45) is 0 Å². The summed E-state index contributed by atoms with van der Waals surface area (Å²) in [4.78, 5) is 1.09. The van der Waals surface area contributed by atoms with Crippen LogP contribution in [0.15, 0.2) is 29.2 Å². The van der Waals surface area contributed by atoms with Gasteiger partial charge in [0.25, 0.3) is 0 Å². The van der Waals surface area contributed by atoms with Crippen LogP contribution in [0.5, 0.6) is 0 Å². The van der Waals surface area contributed by atoms with Crippen molar-refractivity contribution >= 4 is 23.4 Å². The van der Waals surface area contributed by atoms with Crippen molar-refractivity contribution in [2.45, 2.75) is 48.7 Å². The van der Waals surface area contributed by atoms with Gasteiger partial charge >= 0.3 is 0 Å². The Hall–Kier alpha value is -0.220. The van der Waals surface area contributed by atoms with Crippen LogP contribution in [0.2, 0.25) is 5.02 Å². The van der Waals surface area contributed by atoms with E-state index in [4.69, 9.17) is 16.3 Å². The van der Waals surface area contributed by atoms with Crippen molar-refractivity contribution in [3.8, 4) is 0 Å². The first-order chi connectivity index (χ1) is 9.16. The third kappa shape index (κ3) is 3.88. The number of hydrogen-bond acceptors (Lipinski definition) is 3. The molecule has 1 aliphatic carbocycles. The van der Waals surface area contributed by atoms with Gasteiger partial charge in [-0.15, -0.1) is 11.8 Å². The quantitative estimate of drug-likeness (QED) is 0.829. The van der Waals surface area contributed by atoms with E-state index in [1.54, 1.807) is 18.9 Å². The van der Waals surface area contributed by atoms with E-state index >= 15 is 0 Å². The first-order valence-corrected chi connectivity index (χ1v) is 8.14. The van der Waals surface area contributed by atoms with Crippen LogP contribution in [0.1, 0.15) is 32.1 Å². The molecule has 1 aliphatic rings. The fourth-order valence-electron chi connectivity index (χ4n) is 2.71. The molecule has 1 saturated carbocycles. The van der Waals surface area contributed by atoms with Gasteiger partial charge in [0.15, 0.2) is 0 Å². The van der Waals surface area contributed by atoms with Gasteiger partial charge in [-0.05, 0) is 31.0 Å². The van der Waals surface area contributed by atoms with Crippen LogP contribution >= 0.6 is 23.4 Å². The third-order valence-corrected chi connectivity index (χ3v) is 5.22. The van der Waals surface area contributed by atoms with Crippen molar-refractivity contribution in [3.63, 3.8) is 0 Å². The van der Waals surface area contributed by atoms with Crippen LogP contribution in [0.3, 0.4) is 0 Å². The molecule has 0 saturated heterocycles. The fourth-order valence-corrected chi connectivity index (χ4v) is 4.00. The third-order valence-electron chi connectivity index (χ3n) is 3.92. The molecule has 0 heterocycles. The van der Waals surface area contributed by atoms with Crippen LogP contribution in [-0.2, 0) is 4.74 Å². The van der Waals surface area contributed by atoms with E-state index in [-0.39, 0.29) is 5.60 Å². The second-order valence-corrected chi connectivity index (χ2v) is 6.64. The summed E-state index contributed by atoms with van der Waals surface area (Å²) in [5.74, 6) is 0.647. The number of aliphatic hydroxyl groups is 1. The predicted octanol–water partition coefficient (Wildman–Crippen LogP) is 4.14. The van der Waals surface area contributed by atoms with Gasteiger partial charge in [0.2, 0.25) is 0 Å².